The van der Waals surface area contributed by atoms with Crippen LogP contribution in [0.2, 0.25) is 0 Å². The lowest BCUT2D eigenvalue weighted by atomic mass is 9.99. The predicted octanol–water partition coefficient (Wildman–Crippen LogP) is 4.85. The molecule has 0 aliphatic heterocycles. The lowest BCUT2D eigenvalue weighted by molar-refractivity contribution is -0.117. The summed E-state index contributed by atoms with van der Waals surface area (Å²) in [6.45, 7) is 6.59. The molecule has 6 nitrogen and oxygen atoms in total. The van der Waals surface area contributed by atoms with E-state index in [4.69, 9.17) is 10.7 Å². The van der Waals surface area contributed by atoms with Gasteiger partial charge in [-0.3, -0.25) is 9.78 Å². The zero-order valence-corrected chi connectivity index (χ0v) is 18.3. The summed E-state index contributed by atoms with van der Waals surface area (Å²) >= 11 is 0. The number of pyridine rings is 2. The van der Waals surface area contributed by atoms with E-state index in [1.165, 1.54) is 12.1 Å². The van der Waals surface area contributed by atoms with Gasteiger partial charge in [-0.2, -0.15) is 0 Å². The highest BCUT2D eigenvalue weighted by Crippen LogP contribution is 2.41. The van der Waals surface area contributed by atoms with Gasteiger partial charge >= 0.3 is 0 Å². The maximum atomic E-state index is 13.7. The lowest BCUT2D eigenvalue weighted by Crippen LogP contribution is -2.32. The Labute approximate surface area is 186 Å². The number of amides is 1. The Morgan fingerprint density at radius 3 is 2.34 bits per heavy atom. The van der Waals surface area contributed by atoms with Gasteiger partial charge in [0.1, 0.15) is 17.3 Å². The largest absolute Gasteiger partial charge is 0.324 e. The standard InChI is InChI=1S/C25H26FN5O/c1-15(2)14-31-23(18-4-6-19(26)7-5-18)22(17-10-12-28-13-11-17)20-8-9-21(29-24(20)31)30-25(32)16(3)27/h4-13,15-16H,14,27H2,1-3H3,(H,29,30,32). The number of hydrogen-bond acceptors (Lipinski definition) is 4. The molecule has 1 aromatic carbocycles. The summed E-state index contributed by atoms with van der Waals surface area (Å²) in [5.41, 5.74) is 10.3. The van der Waals surface area contributed by atoms with Crippen molar-refractivity contribution in [3.63, 3.8) is 0 Å². The first-order valence-electron chi connectivity index (χ1n) is 10.6. The second-order valence-corrected chi connectivity index (χ2v) is 8.32. The van der Waals surface area contributed by atoms with E-state index in [0.717, 1.165) is 33.4 Å². The predicted molar refractivity (Wildman–Crippen MR) is 125 cm³/mol. The minimum Gasteiger partial charge on any atom is -0.324 e. The molecule has 0 spiro atoms. The number of anilines is 1. The Balaban J connectivity index is 2.02. The van der Waals surface area contributed by atoms with Gasteiger partial charge in [-0.05, 0) is 72.5 Å². The molecule has 0 bridgehead atoms. The average molecular weight is 432 g/mol. The molecule has 0 aliphatic rings. The molecule has 1 unspecified atom stereocenters. The summed E-state index contributed by atoms with van der Waals surface area (Å²) in [5.74, 6) is 0.185. The number of rotatable bonds is 6. The number of carbonyl (C=O) groups excluding carboxylic acids is 1. The number of hydrogen-bond donors (Lipinski definition) is 2. The van der Waals surface area contributed by atoms with Crippen molar-refractivity contribution in [3.05, 3.63) is 66.7 Å². The van der Waals surface area contributed by atoms with Crippen LogP contribution in [-0.2, 0) is 11.3 Å². The smallest absolute Gasteiger partial charge is 0.242 e. The molecule has 0 aliphatic carbocycles. The Morgan fingerprint density at radius 2 is 1.72 bits per heavy atom. The number of nitrogens with zero attached hydrogens (tertiary/aromatic N) is 3. The number of carbonyl (C=O) groups is 1. The molecular formula is C25H26FN5O. The quantitative estimate of drug-likeness (QED) is 0.457. The summed E-state index contributed by atoms with van der Waals surface area (Å²) in [7, 11) is 0. The van der Waals surface area contributed by atoms with Gasteiger partial charge in [0.15, 0.2) is 0 Å². The maximum Gasteiger partial charge on any atom is 0.242 e. The van der Waals surface area contributed by atoms with E-state index < -0.39 is 6.04 Å². The van der Waals surface area contributed by atoms with Gasteiger partial charge in [-0.15, -0.1) is 0 Å². The van der Waals surface area contributed by atoms with Crippen molar-refractivity contribution >= 4 is 22.8 Å². The topological polar surface area (TPSA) is 85.8 Å². The molecule has 0 saturated carbocycles. The normalized spacial score (nSPS) is 12.3. The Morgan fingerprint density at radius 1 is 1.03 bits per heavy atom. The van der Waals surface area contributed by atoms with Crippen molar-refractivity contribution < 1.29 is 9.18 Å². The Hall–Kier alpha value is -3.58. The highest BCUT2D eigenvalue weighted by atomic mass is 19.1. The van der Waals surface area contributed by atoms with Gasteiger partial charge in [-0.1, -0.05) is 13.8 Å². The summed E-state index contributed by atoms with van der Waals surface area (Å²) in [6.07, 6.45) is 3.50. The summed E-state index contributed by atoms with van der Waals surface area (Å²) < 4.78 is 15.8. The van der Waals surface area contributed by atoms with Crippen molar-refractivity contribution in [3.8, 4) is 22.4 Å². The Bertz CT molecular complexity index is 1250. The van der Waals surface area contributed by atoms with Crippen LogP contribution < -0.4 is 11.1 Å². The third-order valence-electron chi connectivity index (χ3n) is 5.21. The van der Waals surface area contributed by atoms with Gasteiger partial charge in [0, 0.05) is 29.9 Å². The van der Waals surface area contributed by atoms with Crippen molar-refractivity contribution in [1.29, 1.82) is 0 Å². The first kappa shape index (κ1) is 21.6. The molecule has 3 aromatic heterocycles. The lowest BCUT2D eigenvalue weighted by Gasteiger charge is -2.15. The highest BCUT2D eigenvalue weighted by Gasteiger charge is 2.22. The second kappa shape index (κ2) is 8.88. The molecule has 32 heavy (non-hydrogen) atoms. The highest BCUT2D eigenvalue weighted by molar-refractivity contribution is 6.04. The van der Waals surface area contributed by atoms with E-state index >= 15 is 0 Å². The fraction of sp³-hybridized carbons (Fsp3) is 0.240. The fourth-order valence-electron chi connectivity index (χ4n) is 3.79. The van der Waals surface area contributed by atoms with Crippen molar-refractivity contribution in [2.24, 2.45) is 11.7 Å². The molecular weight excluding hydrogens is 405 g/mol. The van der Waals surface area contributed by atoms with Crippen LogP contribution >= 0.6 is 0 Å². The molecule has 0 saturated heterocycles. The van der Waals surface area contributed by atoms with Gasteiger partial charge in [-0.25, -0.2) is 9.37 Å². The third kappa shape index (κ3) is 4.24. The van der Waals surface area contributed by atoms with Gasteiger partial charge in [0.2, 0.25) is 5.91 Å². The van der Waals surface area contributed by atoms with Crippen LogP contribution in [0.4, 0.5) is 10.2 Å². The number of halogens is 1. The van der Waals surface area contributed by atoms with E-state index in [1.807, 2.05) is 18.2 Å². The van der Waals surface area contributed by atoms with E-state index in [2.05, 4.69) is 28.7 Å². The van der Waals surface area contributed by atoms with E-state index in [1.54, 1.807) is 37.5 Å². The molecule has 1 amide bonds. The van der Waals surface area contributed by atoms with E-state index in [9.17, 15) is 9.18 Å². The average Bonchev–Trinajstić information content (AvgIpc) is 3.07. The minimum atomic E-state index is -0.642. The number of nitrogens with two attached hydrogens (primary N) is 1. The van der Waals surface area contributed by atoms with Crippen LogP contribution in [-0.4, -0.2) is 26.5 Å². The van der Waals surface area contributed by atoms with Gasteiger partial charge < -0.3 is 15.6 Å². The first-order chi connectivity index (χ1) is 15.3. The number of fused-ring (bicyclic) bond motifs is 1. The molecule has 3 heterocycles. The zero-order valence-electron chi connectivity index (χ0n) is 18.3. The zero-order chi connectivity index (χ0) is 22.8. The fourth-order valence-corrected chi connectivity index (χ4v) is 3.79. The Kier molecular flexibility index (Phi) is 6.01. The van der Waals surface area contributed by atoms with Crippen molar-refractivity contribution in [2.45, 2.75) is 33.4 Å². The molecule has 1 atom stereocenters. The van der Waals surface area contributed by atoms with Crippen LogP contribution in [0.15, 0.2) is 60.9 Å². The van der Waals surface area contributed by atoms with E-state index in [0.29, 0.717) is 18.3 Å². The monoisotopic (exact) mass is 431 g/mol. The minimum absolute atomic E-state index is 0.287. The SMILES string of the molecule is CC(C)Cn1c(-c2ccc(F)cc2)c(-c2ccncc2)c2ccc(NC(=O)C(C)N)nc21. The molecule has 4 rings (SSSR count). The van der Waals surface area contributed by atoms with Crippen LogP contribution in [0.5, 0.6) is 0 Å². The number of aromatic nitrogens is 3. The van der Waals surface area contributed by atoms with E-state index in [-0.39, 0.29) is 11.7 Å². The summed E-state index contributed by atoms with van der Waals surface area (Å²) in [4.78, 5) is 21.1. The van der Waals surface area contributed by atoms with Crippen LogP contribution in [0.1, 0.15) is 20.8 Å². The molecule has 7 heteroatoms. The number of benzene rings is 1. The van der Waals surface area contributed by atoms with Gasteiger partial charge in [0.25, 0.3) is 0 Å². The van der Waals surface area contributed by atoms with Crippen molar-refractivity contribution in [2.75, 3.05) is 5.32 Å². The second-order valence-electron chi connectivity index (χ2n) is 8.32. The molecule has 4 aromatic rings. The molecule has 164 valence electrons. The maximum absolute atomic E-state index is 13.7. The summed E-state index contributed by atoms with van der Waals surface area (Å²) in [6, 6.07) is 13.5. The van der Waals surface area contributed by atoms with Gasteiger partial charge in [0.05, 0.1) is 11.7 Å². The number of nitrogens with one attached hydrogen (secondary N) is 1. The molecule has 0 radical (unpaired) electrons. The molecule has 3 N–H and O–H groups in total. The third-order valence-corrected chi connectivity index (χ3v) is 5.21. The van der Waals surface area contributed by atoms with Crippen LogP contribution in [0.25, 0.3) is 33.4 Å². The van der Waals surface area contributed by atoms with Crippen LogP contribution in [0.3, 0.4) is 0 Å². The summed E-state index contributed by atoms with van der Waals surface area (Å²) in [5, 5.41) is 3.72. The molecule has 0 fully saturated rings. The van der Waals surface area contributed by atoms with Crippen molar-refractivity contribution in [1.82, 2.24) is 14.5 Å². The van der Waals surface area contributed by atoms with Crippen LogP contribution in [0, 0.1) is 11.7 Å². The first-order valence-corrected chi connectivity index (χ1v) is 10.6.